The van der Waals surface area contributed by atoms with Gasteiger partial charge in [0.05, 0.1) is 22.6 Å². The van der Waals surface area contributed by atoms with Gasteiger partial charge in [0.25, 0.3) is 0 Å². The van der Waals surface area contributed by atoms with Crippen LogP contribution in [0.5, 0.6) is 0 Å². The fraction of sp³-hybridized carbons (Fsp3) is 0.235. The number of aryl methyl sites for hydroxylation is 1. The Kier molecular flexibility index (Phi) is 20.0. The first-order valence-electron chi connectivity index (χ1n) is 15.2. The van der Waals surface area contributed by atoms with Crippen LogP contribution in [0, 0.1) is 40.7 Å². The fourth-order valence-corrected chi connectivity index (χ4v) is 7.70. The first-order chi connectivity index (χ1) is 25.6. The van der Waals surface area contributed by atoms with Crippen LogP contribution in [0.2, 0.25) is 0 Å². The summed E-state index contributed by atoms with van der Waals surface area (Å²) in [5.41, 5.74) is 6.72. The highest BCUT2D eigenvalue weighted by molar-refractivity contribution is 7.99. The molecule has 0 bridgehead atoms. The zero-order valence-corrected chi connectivity index (χ0v) is 31.3. The van der Waals surface area contributed by atoms with Gasteiger partial charge >= 0.3 is 11.9 Å². The number of benzene rings is 4. The molecule has 0 fully saturated rings. The van der Waals surface area contributed by atoms with E-state index >= 15 is 0 Å². The summed E-state index contributed by atoms with van der Waals surface area (Å²) in [6.45, 7) is 0.640. The van der Waals surface area contributed by atoms with E-state index in [1.54, 1.807) is 30.3 Å². The molecule has 0 radical (unpaired) electrons. The molecule has 0 heterocycles. The van der Waals surface area contributed by atoms with Crippen LogP contribution in [0.4, 0.5) is 30.7 Å². The van der Waals surface area contributed by atoms with E-state index in [0.29, 0.717) is 18.3 Å². The molecule has 0 amide bonds. The average molecular weight is 876 g/mol. The molecule has 8 N–H and O–H groups in total. The third-order valence-corrected chi connectivity index (χ3v) is 10.8. The Bertz CT molecular complexity index is 2180. The number of sulfonamides is 2. The molecule has 308 valence electrons. The Morgan fingerprint density at radius 3 is 1.25 bits per heavy atom. The second-order valence-electron chi connectivity index (χ2n) is 10.7. The standard InChI is InChI=1S/C17H16F3NO4S2.C9H7F4NO4S2.C7H9N.CH4/c18-13-11(7-6-10-4-2-1-3-5-10)17(27(21,24)25)15(20)14(19)16(13)26-9-8-12(22)23;10-4-6(12)9(20(14,17)18)7(13)5(11)8(4)19-2-1-3(15)16;8-6-7-4-2-1-3-5-7;/h1-5H,6-9H2,(H,22,23)(H2,21,24,25);1-2H2,(H,15,16)(H2,14,17,18);1-5H,6,8H2;1H4. The molecule has 0 aliphatic carbocycles. The molecule has 22 heteroatoms. The zero-order valence-electron chi connectivity index (χ0n) is 28.1. The molecule has 0 aliphatic heterocycles. The highest BCUT2D eigenvalue weighted by atomic mass is 32.2. The topological polar surface area (TPSA) is 221 Å². The molecule has 0 aromatic heterocycles. The summed E-state index contributed by atoms with van der Waals surface area (Å²) < 4.78 is 142. The van der Waals surface area contributed by atoms with Gasteiger partial charge < -0.3 is 15.9 Å². The Morgan fingerprint density at radius 1 is 0.554 bits per heavy atom. The first kappa shape index (κ1) is 49.8. The minimum absolute atomic E-state index is 0. The van der Waals surface area contributed by atoms with Crippen LogP contribution in [0.25, 0.3) is 0 Å². The molecule has 0 saturated heterocycles. The number of primary sulfonamides is 2. The summed E-state index contributed by atoms with van der Waals surface area (Å²) in [7, 11) is -9.72. The molecule has 0 atom stereocenters. The molecular formula is C34H36F7N3O8S4. The fourth-order valence-electron chi connectivity index (χ4n) is 4.29. The Morgan fingerprint density at radius 2 is 0.911 bits per heavy atom. The predicted octanol–water partition coefficient (Wildman–Crippen LogP) is 6.34. The average Bonchev–Trinajstić information content (AvgIpc) is 3.11. The van der Waals surface area contributed by atoms with Crippen LogP contribution in [0.3, 0.4) is 0 Å². The van der Waals surface area contributed by atoms with Gasteiger partial charge in [0, 0.05) is 23.6 Å². The lowest BCUT2D eigenvalue weighted by molar-refractivity contribution is -0.137. The van der Waals surface area contributed by atoms with Gasteiger partial charge in [0.1, 0.15) is 10.7 Å². The summed E-state index contributed by atoms with van der Waals surface area (Å²) in [6, 6.07) is 18.6. The second kappa shape index (κ2) is 22.5. The normalized spacial score (nSPS) is 11.0. The highest BCUT2D eigenvalue weighted by Gasteiger charge is 2.32. The largest absolute Gasteiger partial charge is 0.481 e. The lowest BCUT2D eigenvalue weighted by Gasteiger charge is -2.15. The minimum atomic E-state index is -4.99. The molecule has 0 saturated carbocycles. The van der Waals surface area contributed by atoms with E-state index in [2.05, 4.69) is 5.14 Å². The zero-order chi connectivity index (χ0) is 41.7. The van der Waals surface area contributed by atoms with Crippen molar-refractivity contribution in [3.8, 4) is 0 Å². The molecule has 56 heavy (non-hydrogen) atoms. The second-order valence-corrected chi connectivity index (χ2v) is 15.9. The number of nitrogens with two attached hydrogens (primary N) is 3. The maximum atomic E-state index is 14.8. The molecule has 11 nitrogen and oxygen atoms in total. The van der Waals surface area contributed by atoms with Crippen molar-refractivity contribution in [2.45, 2.75) is 59.2 Å². The van der Waals surface area contributed by atoms with Crippen LogP contribution in [-0.2, 0) is 49.0 Å². The summed E-state index contributed by atoms with van der Waals surface area (Å²) in [5, 5.41) is 26.4. The Balaban J connectivity index is 0.000000473. The number of aliphatic carboxylic acids is 2. The van der Waals surface area contributed by atoms with Crippen molar-refractivity contribution >= 4 is 55.5 Å². The Labute approximate surface area is 326 Å². The predicted molar refractivity (Wildman–Crippen MR) is 196 cm³/mol. The van der Waals surface area contributed by atoms with Crippen molar-refractivity contribution in [1.82, 2.24) is 0 Å². The summed E-state index contributed by atoms with van der Waals surface area (Å²) in [6.07, 6.45) is -0.971. The molecule has 4 rings (SSSR count). The van der Waals surface area contributed by atoms with Gasteiger partial charge in [-0.1, -0.05) is 68.1 Å². The maximum absolute atomic E-state index is 14.8. The maximum Gasteiger partial charge on any atom is 0.304 e. The first-order valence-corrected chi connectivity index (χ1v) is 20.3. The number of halogens is 7. The molecular weight excluding hydrogens is 840 g/mol. The van der Waals surface area contributed by atoms with E-state index in [1.807, 2.05) is 30.3 Å². The van der Waals surface area contributed by atoms with E-state index < -0.39 is 111 Å². The monoisotopic (exact) mass is 875 g/mol. The lowest BCUT2D eigenvalue weighted by atomic mass is 10.0. The van der Waals surface area contributed by atoms with E-state index in [9.17, 15) is 57.2 Å². The van der Waals surface area contributed by atoms with Gasteiger partial charge in [0.15, 0.2) is 39.8 Å². The number of hydrogen-bond donors (Lipinski definition) is 5. The van der Waals surface area contributed by atoms with Crippen LogP contribution in [0.1, 0.15) is 37.0 Å². The third kappa shape index (κ3) is 14.4. The van der Waals surface area contributed by atoms with Crippen LogP contribution >= 0.6 is 23.5 Å². The van der Waals surface area contributed by atoms with Gasteiger partial charge in [-0.15, -0.1) is 23.5 Å². The highest BCUT2D eigenvalue weighted by Crippen LogP contribution is 2.36. The van der Waals surface area contributed by atoms with Crippen LogP contribution < -0.4 is 16.0 Å². The summed E-state index contributed by atoms with van der Waals surface area (Å²) in [4.78, 5) is 15.8. The number of thioether (sulfide) groups is 2. The van der Waals surface area contributed by atoms with Gasteiger partial charge in [-0.3, -0.25) is 9.59 Å². The van der Waals surface area contributed by atoms with E-state index in [1.165, 1.54) is 5.56 Å². The number of carboxylic acids is 2. The van der Waals surface area contributed by atoms with Gasteiger partial charge in [-0.25, -0.2) is 57.8 Å². The Hall–Kier alpha value is -4.19. The summed E-state index contributed by atoms with van der Waals surface area (Å²) >= 11 is 0.668. The third-order valence-electron chi connectivity index (χ3n) is 6.79. The molecule has 4 aromatic rings. The number of carbonyl (C=O) groups is 2. The van der Waals surface area contributed by atoms with Crippen molar-refractivity contribution < 1.29 is 67.4 Å². The van der Waals surface area contributed by atoms with Gasteiger partial charge in [-0.05, 0) is 24.0 Å². The van der Waals surface area contributed by atoms with E-state index in [0.717, 1.165) is 5.56 Å². The number of carboxylic acid groups (broad SMARTS) is 2. The van der Waals surface area contributed by atoms with Gasteiger partial charge in [-0.2, -0.15) is 0 Å². The lowest BCUT2D eigenvalue weighted by Crippen LogP contribution is -2.20. The molecule has 0 spiro atoms. The van der Waals surface area contributed by atoms with Gasteiger partial charge in [0.2, 0.25) is 20.0 Å². The summed E-state index contributed by atoms with van der Waals surface area (Å²) in [5.74, 6) is -15.9. The quantitative estimate of drug-likeness (QED) is 0.0534. The van der Waals surface area contributed by atoms with Crippen LogP contribution in [-0.4, -0.2) is 50.5 Å². The van der Waals surface area contributed by atoms with Crippen LogP contribution in [0.15, 0.2) is 80.2 Å². The van der Waals surface area contributed by atoms with Crippen molar-refractivity contribution in [3.63, 3.8) is 0 Å². The van der Waals surface area contributed by atoms with E-state index in [-0.39, 0.29) is 43.5 Å². The smallest absolute Gasteiger partial charge is 0.304 e. The number of rotatable bonds is 14. The van der Waals surface area contributed by atoms with E-state index in [4.69, 9.17) is 21.1 Å². The number of hydrogen-bond acceptors (Lipinski definition) is 9. The van der Waals surface area contributed by atoms with Crippen molar-refractivity contribution in [1.29, 1.82) is 0 Å². The van der Waals surface area contributed by atoms with Crippen molar-refractivity contribution in [3.05, 3.63) is 118 Å². The van der Waals surface area contributed by atoms with Crippen molar-refractivity contribution in [2.24, 2.45) is 16.0 Å². The SMILES string of the molecule is C.NCc1ccccc1.NS(=O)(=O)c1c(F)c(F)c(SCCC(=O)O)c(F)c1CCc1ccccc1.NS(=O)(=O)c1c(F)c(F)c(SCCC(=O)O)c(F)c1F. The molecule has 0 unspecified atom stereocenters. The molecule has 4 aromatic carbocycles. The van der Waals surface area contributed by atoms with Crippen molar-refractivity contribution in [2.75, 3.05) is 11.5 Å². The molecule has 0 aliphatic rings. The minimum Gasteiger partial charge on any atom is -0.481 e.